The number of hydrogen-bond acceptors (Lipinski definition) is 5. The van der Waals surface area contributed by atoms with Crippen LogP contribution in [0, 0.1) is 0 Å². The zero-order chi connectivity index (χ0) is 18.1. The lowest BCUT2D eigenvalue weighted by atomic mass is 9.88. The summed E-state index contributed by atoms with van der Waals surface area (Å²) in [4.78, 5) is 4.27. The summed E-state index contributed by atoms with van der Waals surface area (Å²) in [7, 11) is -3.72. The maximum absolute atomic E-state index is 13.1. The van der Waals surface area contributed by atoms with Crippen LogP contribution in [0.2, 0.25) is 5.02 Å². The highest BCUT2D eigenvalue weighted by molar-refractivity contribution is 7.89. The number of rotatable bonds is 4. The van der Waals surface area contributed by atoms with Gasteiger partial charge in [-0.05, 0) is 17.7 Å². The van der Waals surface area contributed by atoms with Crippen molar-refractivity contribution in [3.8, 4) is 0 Å². The third kappa shape index (κ3) is 3.02. The standard InChI is InChI=1S/C18H16ClN3O3S/c19-16-8-4-5-9-17(16)26(23,24)22-10-14(13-6-2-1-3-7-13)15(11-22)18-20-12-25-21-18/h1-9,12,14-15H,10-11H2/t14-,15+/m0/s1. The maximum atomic E-state index is 13.1. The Kier molecular flexibility index (Phi) is 4.52. The van der Waals surface area contributed by atoms with Crippen LogP contribution in [0.3, 0.4) is 0 Å². The molecule has 3 aromatic rings. The highest BCUT2D eigenvalue weighted by atomic mass is 35.5. The van der Waals surface area contributed by atoms with E-state index in [1.807, 2.05) is 30.3 Å². The van der Waals surface area contributed by atoms with Gasteiger partial charge in [-0.3, -0.25) is 0 Å². The van der Waals surface area contributed by atoms with Gasteiger partial charge in [0.2, 0.25) is 16.4 Å². The van der Waals surface area contributed by atoms with Crippen LogP contribution in [0.25, 0.3) is 0 Å². The second kappa shape index (κ2) is 6.83. The summed E-state index contributed by atoms with van der Waals surface area (Å²) >= 11 is 6.13. The van der Waals surface area contributed by atoms with Crippen LogP contribution in [0.4, 0.5) is 0 Å². The average molecular weight is 390 g/mol. The third-order valence-electron chi connectivity index (χ3n) is 4.68. The Morgan fingerprint density at radius 2 is 1.69 bits per heavy atom. The van der Waals surface area contributed by atoms with Crippen molar-refractivity contribution in [2.75, 3.05) is 13.1 Å². The molecule has 0 amide bonds. The fourth-order valence-corrected chi connectivity index (χ4v) is 5.38. The van der Waals surface area contributed by atoms with Crippen LogP contribution >= 0.6 is 11.6 Å². The molecule has 0 spiro atoms. The van der Waals surface area contributed by atoms with Gasteiger partial charge in [0, 0.05) is 24.9 Å². The summed E-state index contributed by atoms with van der Waals surface area (Å²) in [5.41, 5.74) is 1.04. The van der Waals surface area contributed by atoms with E-state index in [1.54, 1.807) is 18.2 Å². The van der Waals surface area contributed by atoms with E-state index in [2.05, 4.69) is 10.1 Å². The molecule has 1 fully saturated rings. The fourth-order valence-electron chi connectivity index (χ4n) is 3.40. The molecular weight excluding hydrogens is 374 g/mol. The van der Waals surface area contributed by atoms with Gasteiger partial charge in [0.25, 0.3) is 0 Å². The van der Waals surface area contributed by atoms with Crippen LogP contribution in [0.15, 0.2) is 70.4 Å². The summed E-state index contributed by atoms with van der Waals surface area (Å²) in [6.07, 6.45) is 1.27. The van der Waals surface area contributed by atoms with Crippen LogP contribution in [-0.4, -0.2) is 36.0 Å². The van der Waals surface area contributed by atoms with Crippen molar-refractivity contribution in [3.05, 3.63) is 77.4 Å². The highest BCUT2D eigenvalue weighted by Crippen LogP contribution is 2.41. The Bertz CT molecular complexity index is 994. The number of halogens is 1. The lowest BCUT2D eigenvalue weighted by Gasteiger charge is -2.17. The van der Waals surface area contributed by atoms with E-state index >= 15 is 0 Å². The SMILES string of the molecule is O=S(=O)(c1ccccc1Cl)N1C[C@@H](c2ccccc2)[C@H](c2ncon2)C1. The number of hydrogen-bond donors (Lipinski definition) is 0. The molecule has 8 heteroatoms. The summed E-state index contributed by atoms with van der Waals surface area (Å²) < 4.78 is 32.6. The first-order chi connectivity index (χ1) is 12.6. The minimum atomic E-state index is -3.72. The number of benzene rings is 2. The van der Waals surface area contributed by atoms with Gasteiger partial charge in [0.05, 0.1) is 5.02 Å². The Balaban J connectivity index is 1.73. The monoisotopic (exact) mass is 389 g/mol. The molecule has 2 heterocycles. The second-order valence-electron chi connectivity index (χ2n) is 6.17. The molecule has 0 radical (unpaired) electrons. The predicted octanol–water partition coefficient (Wildman–Crippen LogP) is 3.29. The van der Waals surface area contributed by atoms with Crippen molar-refractivity contribution < 1.29 is 12.9 Å². The minimum Gasteiger partial charge on any atom is -0.343 e. The Hall–Kier alpha value is -2.22. The van der Waals surface area contributed by atoms with Crippen LogP contribution < -0.4 is 0 Å². The lowest BCUT2D eigenvalue weighted by molar-refractivity contribution is 0.401. The van der Waals surface area contributed by atoms with E-state index < -0.39 is 10.0 Å². The normalized spacial score (nSPS) is 21.1. The second-order valence-corrected chi connectivity index (χ2v) is 8.48. The first-order valence-electron chi connectivity index (χ1n) is 8.13. The molecule has 1 aliphatic heterocycles. The van der Waals surface area contributed by atoms with E-state index in [-0.39, 0.29) is 28.3 Å². The molecule has 26 heavy (non-hydrogen) atoms. The summed E-state index contributed by atoms with van der Waals surface area (Å²) in [6.45, 7) is 0.601. The first kappa shape index (κ1) is 17.2. The molecular formula is C18H16ClN3O3S. The molecule has 2 aromatic carbocycles. The van der Waals surface area contributed by atoms with E-state index in [0.717, 1.165) is 5.56 Å². The molecule has 0 bridgehead atoms. The van der Waals surface area contributed by atoms with Gasteiger partial charge in [0.15, 0.2) is 5.82 Å². The maximum Gasteiger partial charge on any atom is 0.244 e. The van der Waals surface area contributed by atoms with Crippen molar-refractivity contribution >= 4 is 21.6 Å². The highest BCUT2D eigenvalue weighted by Gasteiger charge is 2.43. The van der Waals surface area contributed by atoms with E-state index in [1.165, 1.54) is 16.8 Å². The zero-order valence-electron chi connectivity index (χ0n) is 13.7. The molecule has 6 nitrogen and oxygen atoms in total. The predicted molar refractivity (Wildman–Crippen MR) is 96.4 cm³/mol. The zero-order valence-corrected chi connectivity index (χ0v) is 15.3. The van der Waals surface area contributed by atoms with Gasteiger partial charge in [-0.2, -0.15) is 9.29 Å². The Labute approximate surface area is 156 Å². The first-order valence-corrected chi connectivity index (χ1v) is 9.95. The quantitative estimate of drug-likeness (QED) is 0.684. The van der Waals surface area contributed by atoms with Gasteiger partial charge in [0.1, 0.15) is 4.90 Å². The number of nitrogens with zero attached hydrogens (tertiary/aromatic N) is 3. The molecule has 1 aromatic heterocycles. The largest absolute Gasteiger partial charge is 0.343 e. The van der Waals surface area contributed by atoms with Gasteiger partial charge < -0.3 is 4.52 Å². The summed E-state index contributed by atoms with van der Waals surface area (Å²) in [6, 6.07) is 16.3. The van der Waals surface area contributed by atoms with Crippen molar-refractivity contribution in [1.29, 1.82) is 0 Å². The average Bonchev–Trinajstić information content (AvgIpc) is 3.32. The molecule has 0 N–H and O–H groups in total. The van der Waals surface area contributed by atoms with Crippen LogP contribution in [0.5, 0.6) is 0 Å². The molecule has 0 saturated carbocycles. The van der Waals surface area contributed by atoms with Crippen molar-refractivity contribution in [2.24, 2.45) is 0 Å². The van der Waals surface area contributed by atoms with Crippen molar-refractivity contribution in [1.82, 2.24) is 14.4 Å². The lowest BCUT2D eigenvalue weighted by Crippen LogP contribution is -2.29. The molecule has 0 unspecified atom stereocenters. The minimum absolute atomic E-state index is 0.0638. The Morgan fingerprint density at radius 3 is 2.38 bits per heavy atom. The molecule has 2 atom stereocenters. The van der Waals surface area contributed by atoms with E-state index in [0.29, 0.717) is 12.4 Å². The molecule has 1 aliphatic rings. The van der Waals surface area contributed by atoms with Gasteiger partial charge in [-0.25, -0.2) is 8.42 Å². The summed E-state index contributed by atoms with van der Waals surface area (Å²) in [5, 5.41) is 4.16. The van der Waals surface area contributed by atoms with Crippen molar-refractivity contribution in [3.63, 3.8) is 0 Å². The number of aromatic nitrogens is 2. The van der Waals surface area contributed by atoms with Crippen LogP contribution in [0.1, 0.15) is 23.2 Å². The van der Waals surface area contributed by atoms with Crippen LogP contribution in [-0.2, 0) is 10.0 Å². The topological polar surface area (TPSA) is 76.3 Å². The third-order valence-corrected chi connectivity index (χ3v) is 7.01. The van der Waals surface area contributed by atoms with Gasteiger partial charge in [-0.1, -0.05) is 59.2 Å². The van der Waals surface area contributed by atoms with E-state index in [9.17, 15) is 8.42 Å². The molecule has 4 rings (SSSR count). The van der Waals surface area contributed by atoms with Gasteiger partial charge >= 0.3 is 0 Å². The fraction of sp³-hybridized carbons (Fsp3) is 0.222. The smallest absolute Gasteiger partial charge is 0.244 e. The molecule has 1 saturated heterocycles. The van der Waals surface area contributed by atoms with Gasteiger partial charge in [-0.15, -0.1) is 0 Å². The molecule has 134 valence electrons. The van der Waals surface area contributed by atoms with Crippen molar-refractivity contribution in [2.45, 2.75) is 16.7 Å². The Morgan fingerprint density at radius 1 is 1.00 bits per heavy atom. The van der Waals surface area contributed by atoms with E-state index in [4.69, 9.17) is 16.1 Å². The summed E-state index contributed by atoms with van der Waals surface area (Å²) in [5.74, 6) is 0.259. The molecule has 0 aliphatic carbocycles. The number of sulfonamides is 1.